The molecule has 1 aliphatic carbocycles. The standard InChI is InChI=1S/C16H18INO/c1-10-8-14(10)16-6-4-13(19-16)9-18-15-5-3-12(17)7-11(15)2/h3-7,10,14,18H,8-9H2,1-2H3. The van der Waals surface area contributed by atoms with E-state index < -0.39 is 0 Å². The molecule has 0 amide bonds. The van der Waals surface area contributed by atoms with E-state index >= 15 is 0 Å². The fourth-order valence-electron chi connectivity index (χ4n) is 2.42. The third kappa shape index (κ3) is 2.96. The molecule has 0 spiro atoms. The van der Waals surface area contributed by atoms with Crippen molar-refractivity contribution in [3.05, 3.63) is 51.0 Å². The van der Waals surface area contributed by atoms with Gasteiger partial charge in [-0.15, -0.1) is 0 Å². The minimum atomic E-state index is 0.661. The second-order valence-corrected chi connectivity index (χ2v) is 6.68. The molecule has 0 radical (unpaired) electrons. The lowest BCUT2D eigenvalue weighted by molar-refractivity contribution is 0.468. The van der Waals surface area contributed by atoms with Gasteiger partial charge in [-0.3, -0.25) is 0 Å². The molecule has 19 heavy (non-hydrogen) atoms. The molecule has 1 aliphatic rings. The smallest absolute Gasteiger partial charge is 0.123 e. The minimum Gasteiger partial charge on any atom is -0.464 e. The average Bonchev–Trinajstić information content (AvgIpc) is 2.91. The van der Waals surface area contributed by atoms with Crippen LogP contribution in [-0.2, 0) is 6.54 Å². The molecule has 1 N–H and O–H groups in total. The third-order valence-electron chi connectivity index (χ3n) is 3.80. The Kier molecular flexibility index (Phi) is 3.56. The van der Waals surface area contributed by atoms with Crippen LogP contribution < -0.4 is 5.32 Å². The van der Waals surface area contributed by atoms with Gasteiger partial charge in [-0.05, 0) is 77.7 Å². The lowest BCUT2D eigenvalue weighted by Crippen LogP contribution is -2.00. The van der Waals surface area contributed by atoms with E-state index in [9.17, 15) is 0 Å². The minimum absolute atomic E-state index is 0.661. The summed E-state index contributed by atoms with van der Waals surface area (Å²) in [6.45, 7) is 5.16. The molecule has 1 fully saturated rings. The van der Waals surface area contributed by atoms with Gasteiger partial charge in [0.15, 0.2) is 0 Å². The maximum absolute atomic E-state index is 5.90. The highest BCUT2D eigenvalue weighted by atomic mass is 127. The van der Waals surface area contributed by atoms with E-state index in [0.29, 0.717) is 5.92 Å². The highest BCUT2D eigenvalue weighted by molar-refractivity contribution is 14.1. The highest BCUT2D eigenvalue weighted by Crippen LogP contribution is 2.47. The molecule has 2 unspecified atom stereocenters. The molecular weight excluding hydrogens is 349 g/mol. The number of rotatable bonds is 4. The number of nitrogens with one attached hydrogen (secondary N) is 1. The Balaban J connectivity index is 1.64. The molecule has 1 aromatic carbocycles. The van der Waals surface area contributed by atoms with Crippen LogP contribution in [-0.4, -0.2) is 0 Å². The first-order chi connectivity index (χ1) is 9.13. The lowest BCUT2D eigenvalue weighted by Gasteiger charge is -2.08. The predicted octanol–water partition coefficient (Wildman–Crippen LogP) is 4.93. The van der Waals surface area contributed by atoms with Gasteiger partial charge in [0.25, 0.3) is 0 Å². The van der Waals surface area contributed by atoms with Crippen molar-refractivity contribution in [2.24, 2.45) is 5.92 Å². The summed E-state index contributed by atoms with van der Waals surface area (Å²) in [5.74, 6) is 3.63. The number of furan rings is 1. The second kappa shape index (κ2) is 5.19. The highest BCUT2D eigenvalue weighted by Gasteiger charge is 2.36. The summed E-state index contributed by atoms with van der Waals surface area (Å²) in [5, 5.41) is 3.44. The van der Waals surface area contributed by atoms with Crippen LogP contribution in [0.15, 0.2) is 34.7 Å². The molecule has 2 aromatic rings. The fourth-order valence-corrected chi connectivity index (χ4v) is 3.06. The van der Waals surface area contributed by atoms with Crippen LogP contribution in [0, 0.1) is 16.4 Å². The van der Waals surface area contributed by atoms with Crippen molar-refractivity contribution in [2.75, 3.05) is 5.32 Å². The zero-order valence-corrected chi connectivity index (χ0v) is 13.4. The summed E-state index contributed by atoms with van der Waals surface area (Å²) in [6.07, 6.45) is 1.27. The summed E-state index contributed by atoms with van der Waals surface area (Å²) in [4.78, 5) is 0. The van der Waals surface area contributed by atoms with Crippen molar-refractivity contribution in [1.29, 1.82) is 0 Å². The molecule has 100 valence electrons. The zero-order chi connectivity index (χ0) is 13.4. The van der Waals surface area contributed by atoms with Crippen molar-refractivity contribution in [2.45, 2.75) is 32.7 Å². The van der Waals surface area contributed by atoms with Gasteiger partial charge in [0, 0.05) is 15.2 Å². The van der Waals surface area contributed by atoms with Gasteiger partial charge < -0.3 is 9.73 Å². The van der Waals surface area contributed by atoms with Crippen LogP contribution in [0.2, 0.25) is 0 Å². The molecule has 2 atom stereocenters. The Hall–Kier alpha value is -0.970. The van der Waals surface area contributed by atoms with Crippen molar-refractivity contribution >= 4 is 28.3 Å². The zero-order valence-electron chi connectivity index (χ0n) is 11.2. The number of hydrogen-bond donors (Lipinski definition) is 1. The maximum Gasteiger partial charge on any atom is 0.123 e. The largest absolute Gasteiger partial charge is 0.464 e. The first-order valence-corrected chi connectivity index (χ1v) is 7.80. The van der Waals surface area contributed by atoms with E-state index in [1.165, 1.54) is 21.2 Å². The van der Waals surface area contributed by atoms with Crippen LogP contribution in [0.5, 0.6) is 0 Å². The van der Waals surface area contributed by atoms with Crippen LogP contribution in [0.3, 0.4) is 0 Å². The number of hydrogen-bond acceptors (Lipinski definition) is 2. The van der Waals surface area contributed by atoms with Crippen LogP contribution >= 0.6 is 22.6 Å². The van der Waals surface area contributed by atoms with Gasteiger partial charge in [-0.25, -0.2) is 0 Å². The number of aryl methyl sites for hydroxylation is 1. The summed E-state index contributed by atoms with van der Waals surface area (Å²) < 4.78 is 7.17. The van der Waals surface area contributed by atoms with E-state index in [0.717, 1.165) is 24.0 Å². The lowest BCUT2D eigenvalue weighted by atomic mass is 10.2. The van der Waals surface area contributed by atoms with Gasteiger partial charge in [0.2, 0.25) is 0 Å². The molecule has 3 heteroatoms. The molecule has 0 aliphatic heterocycles. The van der Waals surface area contributed by atoms with E-state index in [2.05, 4.69) is 72.1 Å². The first-order valence-electron chi connectivity index (χ1n) is 6.72. The van der Waals surface area contributed by atoms with Crippen molar-refractivity contribution in [3.63, 3.8) is 0 Å². The molecule has 1 saturated carbocycles. The summed E-state index contributed by atoms with van der Waals surface area (Å²) >= 11 is 2.34. The van der Waals surface area contributed by atoms with Crippen molar-refractivity contribution in [1.82, 2.24) is 0 Å². The number of benzene rings is 1. The molecule has 0 bridgehead atoms. The summed E-state index contributed by atoms with van der Waals surface area (Å²) in [5.41, 5.74) is 2.45. The van der Waals surface area contributed by atoms with Crippen LogP contribution in [0.1, 0.15) is 36.3 Å². The normalized spacial score (nSPS) is 21.4. The Bertz CT molecular complexity index is 590. The van der Waals surface area contributed by atoms with Crippen LogP contribution in [0.25, 0.3) is 0 Å². The van der Waals surface area contributed by atoms with Gasteiger partial charge in [-0.1, -0.05) is 6.92 Å². The van der Waals surface area contributed by atoms with E-state index in [-0.39, 0.29) is 0 Å². The van der Waals surface area contributed by atoms with E-state index in [4.69, 9.17) is 4.42 Å². The van der Waals surface area contributed by atoms with E-state index in [1.54, 1.807) is 0 Å². The predicted molar refractivity (Wildman–Crippen MR) is 86.5 cm³/mol. The number of halogens is 1. The molecule has 3 rings (SSSR count). The fraction of sp³-hybridized carbons (Fsp3) is 0.375. The molecular formula is C16H18INO. The maximum atomic E-state index is 5.90. The SMILES string of the molecule is Cc1cc(I)ccc1NCc1ccc(C2CC2C)o1. The van der Waals surface area contributed by atoms with Crippen molar-refractivity contribution in [3.8, 4) is 0 Å². The van der Waals surface area contributed by atoms with Gasteiger partial charge in [0.05, 0.1) is 6.54 Å². The topological polar surface area (TPSA) is 25.2 Å². The van der Waals surface area contributed by atoms with Gasteiger partial charge in [0.1, 0.15) is 11.5 Å². The Morgan fingerprint density at radius 2 is 2.11 bits per heavy atom. The summed E-state index contributed by atoms with van der Waals surface area (Å²) in [7, 11) is 0. The average molecular weight is 367 g/mol. The Morgan fingerprint density at radius 3 is 2.79 bits per heavy atom. The third-order valence-corrected chi connectivity index (χ3v) is 4.47. The molecule has 2 nitrogen and oxygen atoms in total. The first kappa shape index (κ1) is 13.0. The van der Waals surface area contributed by atoms with Crippen molar-refractivity contribution < 1.29 is 4.42 Å². The quantitative estimate of drug-likeness (QED) is 0.776. The molecule has 1 heterocycles. The monoisotopic (exact) mass is 367 g/mol. The van der Waals surface area contributed by atoms with Gasteiger partial charge in [-0.2, -0.15) is 0 Å². The Morgan fingerprint density at radius 1 is 1.32 bits per heavy atom. The van der Waals surface area contributed by atoms with Crippen LogP contribution in [0.4, 0.5) is 5.69 Å². The van der Waals surface area contributed by atoms with E-state index in [1.807, 2.05) is 0 Å². The molecule has 0 saturated heterocycles. The number of anilines is 1. The second-order valence-electron chi connectivity index (χ2n) is 5.44. The Labute approximate surface area is 127 Å². The molecule has 1 aromatic heterocycles. The van der Waals surface area contributed by atoms with Gasteiger partial charge >= 0.3 is 0 Å². The summed E-state index contributed by atoms with van der Waals surface area (Å²) in [6, 6.07) is 10.7.